The lowest BCUT2D eigenvalue weighted by atomic mass is 10.0. The van der Waals surface area contributed by atoms with Crippen molar-refractivity contribution in [3.8, 4) is 22.5 Å². The fourth-order valence-electron chi connectivity index (χ4n) is 5.96. The highest BCUT2D eigenvalue weighted by Gasteiger charge is 2.38. The van der Waals surface area contributed by atoms with Crippen molar-refractivity contribution in [3.63, 3.8) is 0 Å². The first kappa shape index (κ1) is 31.7. The van der Waals surface area contributed by atoms with Crippen molar-refractivity contribution in [2.45, 2.75) is 38.5 Å². The van der Waals surface area contributed by atoms with Crippen LogP contribution in [0.1, 0.15) is 30.0 Å². The number of rotatable bonds is 5. The Balaban J connectivity index is 0.000000499. The summed E-state index contributed by atoms with van der Waals surface area (Å²) in [7, 11) is 0. The third-order valence-electron chi connectivity index (χ3n) is 8.29. The molecule has 8 nitrogen and oxygen atoms in total. The minimum absolute atomic E-state index is 0.00275. The van der Waals surface area contributed by atoms with Crippen molar-refractivity contribution in [2.24, 2.45) is 0 Å². The second-order valence-electron chi connectivity index (χ2n) is 11.6. The average molecular weight is 640 g/mol. The van der Waals surface area contributed by atoms with Gasteiger partial charge in [-0.15, -0.1) is 0 Å². The number of nitrogens with zero attached hydrogens (tertiary/aromatic N) is 4. The molecule has 0 amide bonds. The molecule has 4 aromatic carbocycles. The number of fused-ring (bicyclic) bond motifs is 2. The van der Waals surface area contributed by atoms with E-state index in [0.29, 0.717) is 0 Å². The van der Waals surface area contributed by atoms with Gasteiger partial charge in [-0.1, -0.05) is 72.8 Å². The molecule has 0 spiro atoms. The van der Waals surface area contributed by atoms with E-state index in [2.05, 4.69) is 71.4 Å². The van der Waals surface area contributed by atoms with Crippen LogP contribution in [0, 0.1) is 6.92 Å². The smallest absolute Gasteiger partial charge is 0.475 e. The Bertz CT molecular complexity index is 2080. The number of alkyl halides is 3. The quantitative estimate of drug-likeness (QED) is 0.204. The maximum Gasteiger partial charge on any atom is 0.490 e. The number of carbonyl (C=O) groups is 1. The predicted octanol–water partition coefficient (Wildman–Crippen LogP) is 7.39. The topological polar surface area (TPSA) is 104 Å². The summed E-state index contributed by atoms with van der Waals surface area (Å²) in [6.45, 7) is 4.91. The van der Waals surface area contributed by atoms with Crippen molar-refractivity contribution in [3.05, 3.63) is 119 Å². The summed E-state index contributed by atoms with van der Waals surface area (Å²) >= 11 is 0. The van der Waals surface area contributed by atoms with Crippen molar-refractivity contribution < 1.29 is 23.1 Å². The molecule has 0 atom stereocenters. The molecule has 1 fully saturated rings. The van der Waals surface area contributed by atoms with Crippen molar-refractivity contribution in [1.29, 1.82) is 0 Å². The van der Waals surface area contributed by atoms with E-state index < -0.39 is 12.1 Å². The van der Waals surface area contributed by atoms with Gasteiger partial charge in [-0.3, -0.25) is 9.47 Å². The van der Waals surface area contributed by atoms with E-state index in [1.165, 1.54) is 11.1 Å². The molecule has 0 aliphatic carbocycles. The predicted molar refractivity (Wildman–Crippen MR) is 175 cm³/mol. The summed E-state index contributed by atoms with van der Waals surface area (Å²) in [5, 5.41) is 7.12. The molecule has 2 N–H and O–H groups in total. The number of carboxylic acid groups (broad SMARTS) is 1. The van der Waals surface area contributed by atoms with E-state index in [9.17, 15) is 18.0 Å². The Morgan fingerprint density at radius 2 is 1.45 bits per heavy atom. The fourth-order valence-corrected chi connectivity index (χ4v) is 5.96. The van der Waals surface area contributed by atoms with Crippen LogP contribution in [0.15, 0.2) is 102 Å². The summed E-state index contributed by atoms with van der Waals surface area (Å²) in [6, 6.07) is 33.5. The SMILES string of the molecule is Cc1ccc2nc(-c3ccc(CN4CCC(n5c(=O)[nH]c6ccccc65)CC4)cc3)c(-c3ccccc3)nc2c1.O=C(O)C(F)(F)F. The molecular formula is C36H32F3N5O3. The highest BCUT2D eigenvalue weighted by atomic mass is 19.4. The maximum atomic E-state index is 12.6. The number of carboxylic acids is 1. The monoisotopic (exact) mass is 639 g/mol. The first-order valence-electron chi connectivity index (χ1n) is 15.2. The Hall–Kier alpha value is -5.29. The number of likely N-dealkylation sites (tertiary alicyclic amines) is 1. The number of nitrogens with one attached hydrogen (secondary N) is 1. The largest absolute Gasteiger partial charge is 0.490 e. The van der Waals surface area contributed by atoms with E-state index in [0.717, 1.165) is 77.1 Å². The Kier molecular flexibility index (Phi) is 8.91. The van der Waals surface area contributed by atoms with Crippen LogP contribution in [0.3, 0.4) is 0 Å². The number of aliphatic carboxylic acids is 1. The molecule has 0 radical (unpaired) electrons. The molecular weight excluding hydrogens is 607 g/mol. The number of benzene rings is 4. The molecule has 0 bridgehead atoms. The molecule has 47 heavy (non-hydrogen) atoms. The lowest BCUT2D eigenvalue weighted by Gasteiger charge is -2.32. The molecule has 2 aromatic heterocycles. The van der Waals surface area contributed by atoms with E-state index in [1.807, 2.05) is 47.0 Å². The van der Waals surface area contributed by atoms with Gasteiger partial charge in [-0.05, 0) is 55.2 Å². The van der Waals surface area contributed by atoms with Gasteiger partial charge in [0.1, 0.15) is 0 Å². The minimum atomic E-state index is -5.08. The van der Waals surface area contributed by atoms with Crippen LogP contribution in [0.2, 0.25) is 0 Å². The molecule has 240 valence electrons. The van der Waals surface area contributed by atoms with Gasteiger partial charge in [-0.2, -0.15) is 13.2 Å². The Labute approximate surface area is 268 Å². The molecule has 6 aromatic rings. The molecule has 0 unspecified atom stereocenters. The molecule has 3 heterocycles. The van der Waals surface area contributed by atoms with Gasteiger partial charge >= 0.3 is 17.8 Å². The number of hydrogen-bond acceptors (Lipinski definition) is 5. The zero-order valence-corrected chi connectivity index (χ0v) is 25.5. The third kappa shape index (κ3) is 7.10. The van der Waals surface area contributed by atoms with E-state index >= 15 is 0 Å². The lowest BCUT2D eigenvalue weighted by Crippen LogP contribution is -2.36. The summed E-state index contributed by atoms with van der Waals surface area (Å²) in [5.41, 5.74) is 10.1. The van der Waals surface area contributed by atoms with Gasteiger partial charge in [0.25, 0.3) is 0 Å². The van der Waals surface area contributed by atoms with Crippen LogP contribution in [0.5, 0.6) is 0 Å². The van der Waals surface area contributed by atoms with Crippen LogP contribution in [-0.2, 0) is 11.3 Å². The van der Waals surface area contributed by atoms with Crippen LogP contribution < -0.4 is 5.69 Å². The van der Waals surface area contributed by atoms with Crippen LogP contribution in [0.25, 0.3) is 44.6 Å². The first-order valence-corrected chi connectivity index (χ1v) is 15.2. The van der Waals surface area contributed by atoms with Crippen molar-refractivity contribution in [2.75, 3.05) is 13.1 Å². The molecule has 0 saturated carbocycles. The number of H-pyrrole nitrogens is 1. The normalized spacial score (nSPS) is 14.2. The number of aryl methyl sites for hydroxylation is 1. The lowest BCUT2D eigenvalue weighted by molar-refractivity contribution is -0.192. The zero-order valence-electron chi connectivity index (χ0n) is 25.5. The molecule has 1 saturated heterocycles. The third-order valence-corrected chi connectivity index (χ3v) is 8.29. The summed E-state index contributed by atoms with van der Waals surface area (Å²) in [5.74, 6) is -2.76. The maximum absolute atomic E-state index is 12.6. The number of piperidine rings is 1. The number of aromatic nitrogens is 4. The van der Waals surface area contributed by atoms with Gasteiger partial charge in [0.2, 0.25) is 0 Å². The fraction of sp³-hybridized carbons (Fsp3) is 0.222. The average Bonchev–Trinajstić information content (AvgIpc) is 3.41. The van der Waals surface area contributed by atoms with Gasteiger partial charge in [0.15, 0.2) is 0 Å². The number of para-hydroxylation sites is 2. The summed E-state index contributed by atoms with van der Waals surface area (Å²) in [6.07, 6.45) is -3.15. The van der Waals surface area contributed by atoms with E-state index in [-0.39, 0.29) is 11.7 Å². The Morgan fingerprint density at radius 3 is 2.11 bits per heavy atom. The highest BCUT2D eigenvalue weighted by Crippen LogP contribution is 2.32. The molecule has 1 aliphatic heterocycles. The van der Waals surface area contributed by atoms with Gasteiger partial charge < -0.3 is 10.1 Å². The standard InChI is InChI=1S/C34H31N5O.C2HF3O2/c1-23-11-16-28-30(21-23)36-32(25-7-3-2-4-8-25)33(35-28)26-14-12-24(13-15-26)22-38-19-17-27(18-20-38)39-31-10-6-5-9-29(31)37-34(39)40;3-2(4,5)1(6)7/h2-16,21,27H,17-20,22H2,1H3,(H,37,40);(H,6,7). The van der Waals surface area contributed by atoms with Crippen LogP contribution >= 0.6 is 0 Å². The highest BCUT2D eigenvalue weighted by molar-refractivity contribution is 5.86. The number of hydrogen-bond donors (Lipinski definition) is 2. The van der Waals surface area contributed by atoms with Crippen molar-refractivity contribution in [1.82, 2.24) is 24.4 Å². The van der Waals surface area contributed by atoms with Gasteiger partial charge in [-0.25, -0.2) is 19.6 Å². The summed E-state index contributed by atoms with van der Waals surface area (Å²) in [4.78, 5) is 37.2. The number of imidazole rings is 1. The second kappa shape index (κ2) is 13.2. The van der Waals surface area contributed by atoms with Crippen molar-refractivity contribution >= 4 is 28.0 Å². The summed E-state index contributed by atoms with van der Waals surface area (Å²) < 4.78 is 33.7. The van der Waals surface area contributed by atoms with Gasteiger partial charge in [0, 0.05) is 36.8 Å². The van der Waals surface area contributed by atoms with E-state index in [1.54, 1.807) is 0 Å². The number of aromatic amines is 1. The number of halogens is 3. The van der Waals surface area contributed by atoms with Crippen LogP contribution in [-0.4, -0.2) is 54.8 Å². The second-order valence-corrected chi connectivity index (χ2v) is 11.6. The van der Waals surface area contributed by atoms with E-state index in [4.69, 9.17) is 19.9 Å². The molecule has 1 aliphatic rings. The Morgan fingerprint density at radius 1 is 0.851 bits per heavy atom. The molecule has 11 heteroatoms. The zero-order chi connectivity index (χ0) is 33.1. The van der Waals surface area contributed by atoms with Gasteiger partial charge in [0.05, 0.1) is 33.5 Å². The van der Waals surface area contributed by atoms with Crippen LogP contribution in [0.4, 0.5) is 13.2 Å². The first-order chi connectivity index (χ1) is 22.6. The molecule has 7 rings (SSSR count). The minimum Gasteiger partial charge on any atom is -0.475 e.